The molecule has 0 aromatic heterocycles. The molecule has 0 unspecified atom stereocenters. The Hall–Kier alpha value is -3.63. The number of likely N-dealkylation sites (tertiary alicyclic amines) is 2. The molecule has 2 saturated heterocycles. The Kier molecular flexibility index (Phi) is 9.09. The largest absolute Gasteiger partial charge is 0.494 e. The lowest BCUT2D eigenvalue weighted by molar-refractivity contribution is -0.149. The molecule has 236 valence electrons. The normalized spacial score (nSPS) is 24.4. The summed E-state index contributed by atoms with van der Waals surface area (Å²) in [5.41, 5.74) is 0.868. The van der Waals surface area contributed by atoms with Crippen LogP contribution < -0.4 is 14.8 Å². The minimum atomic E-state index is -0.422. The average Bonchev–Trinajstić information content (AvgIpc) is 3.73. The Balaban J connectivity index is 1.26. The number of ether oxygens (including phenoxy) is 3. The van der Waals surface area contributed by atoms with Crippen LogP contribution in [-0.2, 0) is 20.9 Å². The van der Waals surface area contributed by atoms with Gasteiger partial charge in [0.05, 0.1) is 31.9 Å². The molecule has 44 heavy (non-hydrogen) atoms. The standard InChI is InChI=1S/C34H44N4O6/c1-3-42-27-18-25-19-28(20-27)44-26-10-8-9-24(17-26)23-43-30-11-16-37(21-29(30)35-31(39)22-36(2)32(25)40)33(41)34(12-4-5-13-34)38-14-6-7-15-38/h8-10,17-20,29-30H,3-7,11-16,21-23H2,1-2H3,(H,35,39)/t29-,30+/m0/s1. The summed E-state index contributed by atoms with van der Waals surface area (Å²) in [6.45, 7) is 5.43. The molecule has 2 atom stereocenters. The second-order valence-corrected chi connectivity index (χ2v) is 12.5. The fourth-order valence-corrected chi connectivity index (χ4v) is 7.32. The molecule has 1 saturated carbocycles. The third-order valence-corrected chi connectivity index (χ3v) is 9.49. The molecule has 10 heteroatoms. The van der Waals surface area contributed by atoms with Crippen molar-refractivity contribution in [2.75, 3.05) is 46.4 Å². The number of carbonyl (C=O) groups excluding carboxylic acids is 3. The second-order valence-electron chi connectivity index (χ2n) is 12.5. The van der Waals surface area contributed by atoms with Gasteiger partial charge in [0, 0.05) is 31.8 Å². The molecule has 3 amide bonds. The molecule has 1 N–H and O–H groups in total. The Labute approximate surface area is 259 Å². The Morgan fingerprint density at radius 3 is 2.59 bits per heavy atom. The molecule has 2 aromatic rings. The zero-order chi connectivity index (χ0) is 30.7. The van der Waals surface area contributed by atoms with Crippen molar-refractivity contribution in [2.24, 2.45) is 0 Å². The summed E-state index contributed by atoms with van der Waals surface area (Å²) in [5.74, 6) is 1.17. The fraction of sp³-hybridized carbons (Fsp3) is 0.559. The first kappa shape index (κ1) is 30.4. The SMILES string of the molecule is CCOc1cc2cc(c1)C(=O)N(C)CC(=O)N[C@H]1CN(C(=O)C3(N4CCCC4)CCCC3)CC[C@H]1OCc1cccc(c1)O2. The molecule has 0 spiro atoms. The third kappa shape index (κ3) is 6.42. The van der Waals surface area contributed by atoms with E-state index in [1.807, 2.05) is 36.1 Å². The lowest BCUT2D eigenvalue weighted by atomic mass is 9.91. The number of benzene rings is 2. The van der Waals surface area contributed by atoms with Crippen LogP contribution in [-0.4, -0.2) is 96.5 Å². The number of likely N-dealkylation sites (N-methyl/N-ethyl adjacent to an activating group) is 1. The highest BCUT2D eigenvalue weighted by atomic mass is 16.5. The second kappa shape index (κ2) is 13.2. The van der Waals surface area contributed by atoms with Crippen LogP contribution in [0.25, 0.3) is 0 Å². The van der Waals surface area contributed by atoms with Gasteiger partial charge in [0.1, 0.15) is 22.8 Å². The van der Waals surface area contributed by atoms with E-state index in [4.69, 9.17) is 14.2 Å². The topological polar surface area (TPSA) is 101 Å². The van der Waals surface area contributed by atoms with E-state index in [-0.39, 0.29) is 30.4 Å². The van der Waals surface area contributed by atoms with E-state index in [1.165, 1.54) is 4.90 Å². The zero-order valence-corrected chi connectivity index (χ0v) is 25.9. The first-order valence-corrected chi connectivity index (χ1v) is 16.1. The van der Waals surface area contributed by atoms with Crippen LogP contribution in [0.5, 0.6) is 17.2 Å². The predicted molar refractivity (Wildman–Crippen MR) is 165 cm³/mol. The average molecular weight is 605 g/mol. The van der Waals surface area contributed by atoms with Crippen molar-refractivity contribution in [2.45, 2.75) is 76.2 Å². The highest BCUT2D eigenvalue weighted by Gasteiger charge is 2.50. The number of carbonyl (C=O) groups is 3. The van der Waals surface area contributed by atoms with E-state index in [0.717, 1.165) is 57.2 Å². The number of fused-ring (bicyclic) bond motifs is 5. The quantitative estimate of drug-likeness (QED) is 0.564. The van der Waals surface area contributed by atoms with Crippen LogP contribution in [0, 0.1) is 0 Å². The van der Waals surface area contributed by atoms with Crippen molar-refractivity contribution in [3.8, 4) is 17.2 Å². The van der Waals surface area contributed by atoms with Crippen LogP contribution in [0.1, 0.15) is 67.8 Å². The first-order valence-electron chi connectivity index (χ1n) is 16.1. The summed E-state index contributed by atoms with van der Waals surface area (Å²) in [5, 5.41) is 3.14. The molecule has 4 aliphatic rings. The van der Waals surface area contributed by atoms with Gasteiger partial charge in [-0.3, -0.25) is 19.3 Å². The smallest absolute Gasteiger partial charge is 0.254 e. The van der Waals surface area contributed by atoms with Crippen LogP contribution in [0.3, 0.4) is 0 Å². The molecule has 3 fully saturated rings. The van der Waals surface area contributed by atoms with Gasteiger partial charge in [-0.25, -0.2) is 0 Å². The number of nitrogens with zero attached hydrogens (tertiary/aromatic N) is 3. The van der Waals surface area contributed by atoms with Gasteiger partial charge >= 0.3 is 0 Å². The molecule has 0 radical (unpaired) electrons. The molecular weight excluding hydrogens is 560 g/mol. The van der Waals surface area contributed by atoms with Crippen molar-refractivity contribution in [3.05, 3.63) is 53.6 Å². The number of hydrogen-bond acceptors (Lipinski definition) is 7. The van der Waals surface area contributed by atoms with E-state index < -0.39 is 11.6 Å². The molecule has 10 nitrogen and oxygen atoms in total. The fourth-order valence-electron chi connectivity index (χ4n) is 7.32. The van der Waals surface area contributed by atoms with Crippen molar-refractivity contribution < 1.29 is 28.6 Å². The van der Waals surface area contributed by atoms with Gasteiger partial charge in [-0.2, -0.15) is 0 Å². The van der Waals surface area contributed by atoms with Gasteiger partial charge in [-0.1, -0.05) is 25.0 Å². The highest BCUT2D eigenvalue weighted by Crippen LogP contribution is 2.39. The number of amides is 3. The molecule has 1 aliphatic carbocycles. The Morgan fingerprint density at radius 2 is 1.82 bits per heavy atom. The summed E-state index contributed by atoms with van der Waals surface area (Å²) >= 11 is 0. The Morgan fingerprint density at radius 1 is 1.02 bits per heavy atom. The number of rotatable bonds is 4. The van der Waals surface area contributed by atoms with Gasteiger partial charge in [-0.05, 0) is 81.9 Å². The van der Waals surface area contributed by atoms with Crippen LogP contribution in [0.15, 0.2) is 42.5 Å². The van der Waals surface area contributed by atoms with Gasteiger partial charge < -0.3 is 29.3 Å². The van der Waals surface area contributed by atoms with E-state index in [9.17, 15) is 14.4 Å². The van der Waals surface area contributed by atoms with Crippen LogP contribution >= 0.6 is 0 Å². The van der Waals surface area contributed by atoms with Gasteiger partial charge in [0.15, 0.2) is 0 Å². The van der Waals surface area contributed by atoms with Crippen molar-refractivity contribution in [3.63, 3.8) is 0 Å². The van der Waals surface area contributed by atoms with E-state index in [2.05, 4.69) is 10.2 Å². The Bertz CT molecular complexity index is 1370. The summed E-state index contributed by atoms with van der Waals surface area (Å²) in [4.78, 5) is 46.9. The maximum Gasteiger partial charge on any atom is 0.254 e. The van der Waals surface area contributed by atoms with E-state index in [1.54, 1.807) is 25.2 Å². The monoisotopic (exact) mass is 604 g/mol. The molecule has 3 heterocycles. The number of piperidine rings is 1. The lowest BCUT2D eigenvalue weighted by Gasteiger charge is -2.45. The van der Waals surface area contributed by atoms with Gasteiger partial charge in [0.2, 0.25) is 11.8 Å². The minimum Gasteiger partial charge on any atom is -0.494 e. The van der Waals surface area contributed by atoms with E-state index >= 15 is 0 Å². The van der Waals surface area contributed by atoms with Crippen LogP contribution in [0.4, 0.5) is 0 Å². The maximum atomic E-state index is 14.2. The highest BCUT2D eigenvalue weighted by molar-refractivity contribution is 5.97. The number of hydrogen-bond donors (Lipinski definition) is 1. The van der Waals surface area contributed by atoms with Gasteiger partial charge in [-0.15, -0.1) is 0 Å². The van der Waals surface area contributed by atoms with Crippen LogP contribution in [0.2, 0.25) is 0 Å². The molecule has 3 aliphatic heterocycles. The summed E-state index contributed by atoms with van der Waals surface area (Å²) in [7, 11) is 1.60. The molecular formula is C34H44N4O6. The lowest BCUT2D eigenvalue weighted by Crippen LogP contribution is -2.63. The molecule has 2 aromatic carbocycles. The minimum absolute atomic E-state index is 0.137. The maximum absolute atomic E-state index is 14.2. The summed E-state index contributed by atoms with van der Waals surface area (Å²) in [6, 6.07) is 12.3. The zero-order valence-electron chi connectivity index (χ0n) is 25.9. The third-order valence-electron chi connectivity index (χ3n) is 9.49. The van der Waals surface area contributed by atoms with Crippen molar-refractivity contribution in [1.82, 2.24) is 20.0 Å². The summed E-state index contributed by atoms with van der Waals surface area (Å²) < 4.78 is 18.3. The van der Waals surface area contributed by atoms with Crippen molar-refractivity contribution >= 4 is 17.7 Å². The van der Waals surface area contributed by atoms with E-state index in [0.29, 0.717) is 55.5 Å². The predicted octanol–water partition coefficient (Wildman–Crippen LogP) is 3.97. The molecule has 6 rings (SSSR count). The number of nitrogens with one attached hydrogen (secondary N) is 1. The molecule has 4 bridgehead atoms. The first-order chi connectivity index (χ1) is 21.3. The van der Waals surface area contributed by atoms with Crippen molar-refractivity contribution in [1.29, 1.82) is 0 Å². The van der Waals surface area contributed by atoms with Gasteiger partial charge in [0.25, 0.3) is 5.91 Å². The summed E-state index contributed by atoms with van der Waals surface area (Å²) in [6.07, 6.45) is 6.55.